The number of rotatable bonds is 7. The van der Waals surface area contributed by atoms with Crippen molar-refractivity contribution in [1.29, 1.82) is 0 Å². The monoisotopic (exact) mass is 588 g/mol. The highest BCUT2D eigenvalue weighted by atomic mass is 35.5. The van der Waals surface area contributed by atoms with Gasteiger partial charge in [-0.2, -0.15) is 19.2 Å². The molecule has 0 heterocycles. The molecule has 3 aromatic rings. The van der Waals surface area contributed by atoms with E-state index in [9.17, 15) is 9.59 Å². The molecule has 0 aliphatic carbocycles. The van der Waals surface area contributed by atoms with Crippen LogP contribution in [0.4, 0.5) is 11.4 Å². The number of halogens is 2. The first kappa shape index (κ1) is 35.2. The number of anilines is 1. The minimum atomic E-state index is -0.537. The lowest BCUT2D eigenvalue weighted by molar-refractivity contribution is -0.193. The van der Waals surface area contributed by atoms with E-state index in [0.717, 1.165) is 16.8 Å². The Bertz CT molecular complexity index is 1350. The Labute approximate surface area is 241 Å². The number of guanidine groups is 1. The minimum absolute atomic E-state index is 0. The number of hydrogen-bond acceptors (Lipinski definition) is 8. The van der Waals surface area contributed by atoms with Gasteiger partial charge in [-0.15, -0.1) is 12.4 Å². The van der Waals surface area contributed by atoms with Crippen LogP contribution in [-0.4, -0.2) is 37.2 Å². The van der Waals surface area contributed by atoms with Gasteiger partial charge in [0.05, 0.1) is 11.3 Å². The lowest BCUT2D eigenvalue weighted by Crippen LogP contribution is -2.26. The summed E-state index contributed by atoms with van der Waals surface area (Å²) in [5, 5.41) is 0.425. The normalized spacial score (nSPS) is 8.97. The first-order valence-corrected chi connectivity index (χ1v) is 11.5. The molecule has 3 rings (SSSR count). The largest absolute Gasteiger partial charge is 0.423 e. The number of esters is 1. The summed E-state index contributed by atoms with van der Waals surface area (Å²) in [6, 6.07) is 19.1. The van der Waals surface area contributed by atoms with E-state index in [1.165, 1.54) is 0 Å². The third-order valence-electron chi connectivity index (χ3n) is 5.00. The maximum atomic E-state index is 12.6. The number of amides is 1. The van der Waals surface area contributed by atoms with Gasteiger partial charge in [0.25, 0.3) is 0 Å². The SMILES string of the molecule is Cc1ccc(N(C)C(=O)CCc2ccc(OC(=O)c3ccc(N=C(N)N)cc3)cc2Cl)cc1.Cl.O=C=O.O=C=O. The van der Waals surface area contributed by atoms with Crippen molar-refractivity contribution in [2.75, 3.05) is 11.9 Å². The molecule has 1 amide bonds. The molecule has 13 heteroatoms. The highest BCUT2D eigenvalue weighted by molar-refractivity contribution is 6.31. The molecule has 0 bridgehead atoms. The molecule has 0 aromatic heterocycles. The summed E-state index contributed by atoms with van der Waals surface area (Å²) in [4.78, 5) is 63.0. The molecule has 0 saturated carbocycles. The Morgan fingerprint density at radius 3 is 1.98 bits per heavy atom. The van der Waals surface area contributed by atoms with E-state index in [2.05, 4.69) is 4.99 Å². The van der Waals surface area contributed by atoms with E-state index in [-0.39, 0.29) is 36.6 Å². The van der Waals surface area contributed by atoms with Gasteiger partial charge < -0.3 is 21.1 Å². The van der Waals surface area contributed by atoms with Crippen LogP contribution in [0, 0.1) is 6.92 Å². The molecule has 0 aliphatic rings. The second-order valence-corrected chi connectivity index (χ2v) is 8.09. The van der Waals surface area contributed by atoms with Crippen molar-refractivity contribution in [3.63, 3.8) is 0 Å². The highest BCUT2D eigenvalue weighted by Gasteiger charge is 2.14. The topological polar surface area (TPSA) is 179 Å². The van der Waals surface area contributed by atoms with E-state index in [1.54, 1.807) is 54.4 Å². The molecule has 0 radical (unpaired) electrons. The van der Waals surface area contributed by atoms with Crippen LogP contribution in [0.2, 0.25) is 5.02 Å². The third kappa shape index (κ3) is 12.2. The number of ether oxygens (including phenoxy) is 1. The lowest BCUT2D eigenvalue weighted by Gasteiger charge is -2.18. The second kappa shape index (κ2) is 18.5. The minimum Gasteiger partial charge on any atom is -0.423 e. The summed E-state index contributed by atoms with van der Waals surface area (Å²) in [7, 11) is 1.75. The van der Waals surface area contributed by atoms with Gasteiger partial charge in [-0.25, -0.2) is 9.79 Å². The molecule has 210 valence electrons. The molecule has 0 saturated heterocycles. The van der Waals surface area contributed by atoms with Crippen molar-refractivity contribution in [3.8, 4) is 5.75 Å². The van der Waals surface area contributed by atoms with E-state index in [0.29, 0.717) is 34.9 Å². The average Bonchev–Trinajstić information content (AvgIpc) is 2.89. The molecule has 0 spiro atoms. The quantitative estimate of drug-likeness (QED) is 0.180. The predicted molar refractivity (Wildman–Crippen MR) is 148 cm³/mol. The van der Waals surface area contributed by atoms with Crippen LogP contribution < -0.4 is 21.1 Å². The number of carbonyl (C=O) groups excluding carboxylic acids is 6. The van der Waals surface area contributed by atoms with Gasteiger partial charge >= 0.3 is 18.3 Å². The third-order valence-corrected chi connectivity index (χ3v) is 5.35. The van der Waals surface area contributed by atoms with Gasteiger partial charge in [0.15, 0.2) is 5.96 Å². The first-order valence-electron chi connectivity index (χ1n) is 11.1. The summed E-state index contributed by atoms with van der Waals surface area (Å²) in [6.45, 7) is 2.00. The first-order chi connectivity index (χ1) is 18.6. The van der Waals surface area contributed by atoms with Crippen molar-refractivity contribution in [1.82, 2.24) is 0 Å². The molecule has 3 aromatic carbocycles. The van der Waals surface area contributed by atoms with Gasteiger partial charge in [0.1, 0.15) is 5.75 Å². The van der Waals surface area contributed by atoms with Gasteiger partial charge in [-0.05, 0) is 67.4 Å². The number of benzene rings is 3. The van der Waals surface area contributed by atoms with Crippen LogP contribution in [0.1, 0.15) is 27.9 Å². The number of hydrogen-bond donors (Lipinski definition) is 2. The molecule has 0 unspecified atom stereocenters. The zero-order valence-corrected chi connectivity index (χ0v) is 23.0. The van der Waals surface area contributed by atoms with Gasteiger partial charge in [-0.1, -0.05) is 35.4 Å². The smallest absolute Gasteiger partial charge is 0.373 e. The number of carbonyl (C=O) groups is 2. The van der Waals surface area contributed by atoms with Crippen LogP contribution in [0.15, 0.2) is 71.7 Å². The Balaban J connectivity index is 0.00000199. The van der Waals surface area contributed by atoms with Crippen LogP contribution in [0.25, 0.3) is 0 Å². The molecule has 4 N–H and O–H groups in total. The fourth-order valence-electron chi connectivity index (χ4n) is 3.10. The fourth-order valence-corrected chi connectivity index (χ4v) is 3.37. The fraction of sp³-hybridized carbons (Fsp3) is 0.148. The van der Waals surface area contributed by atoms with Crippen molar-refractivity contribution >= 4 is 65.5 Å². The number of aryl methyl sites for hydroxylation is 2. The lowest BCUT2D eigenvalue weighted by atomic mass is 10.1. The van der Waals surface area contributed by atoms with Crippen molar-refractivity contribution in [2.24, 2.45) is 16.5 Å². The van der Waals surface area contributed by atoms with Crippen molar-refractivity contribution < 1.29 is 33.5 Å². The Morgan fingerprint density at radius 2 is 1.48 bits per heavy atom. The van der Waals surface area contributed by atoms with E-state index < -0.39 is 5.97 Å². The molecular weight excluding hydrogens is 563 g/mol. The van der Waals surface area contributed by atoms with Gasteiger partial charge in [0.2, 0.25) is 5.91 Å². The van der Waals surface area contributed by atoms with E-state index >= 15 is 0 Å². The standard InChI is InChI=1S/C25H25ClN4O3.2CO2.ClH/c1-16-3-11-20(12-4-16)30(2)23(31)14-8-17-7-13-21(15-22(17)26)33-24(32)18-5-9-19(10-6-18)29-25(27)28;2*2-1-3;/h3-7,9-13,15H,8,14H2,1-2H3,(H4,27,28,29);;;1H. The summed E-state index contributed by atoms with van der Waals surface area (Å²) < 4.78 is 5.40. The maximum absolute atomic E-state index is 12.6. The number of nitrogens with zero attached hydrogens (tertiary/aromatic N) is 2. The zero-order valence-electron chi connectivity index (χ0n) is 21.5. The summed E-state index contributed by atoms with van der Waals surface area (Å²) in [5.41, 5.74) is 14.3. The number of aliphatic imine (C=N–C) groups is 1. The van der Waals surface area contributed by atoms with Crippen LogP contribution in [0.3, 0.4) is 0 Å². The summed E-state index contributed by atoms with van der Waals surface area (Å²) in [5.74, 6) is -0.312. The average molecular weight is 589 g/mol. The van der Waals surface area contributed by atoms with Crippen molar-refractivity contribution in [3.05, 3.63) is 88.4 Å². The van der Waals surface area contributed by atoms with E-state index in [4.69, 9.17) is 47.0 Å². The van der Waals surface area contributed by atoms with E-state index in [1.807, 2.05) is 31.2 Å². The molecule has 40 heavy (non-hydrogen) atoms. The number of nitrogens with two attached hydrogens (primary N) is 2. The van der Waals surface area contributed by atoms with Crippen LogP contribution in [-0.2, 0) is 30.4 Å². The van der Waals surface area contributed by atoms with Crippen LogP contribution in [0.5, 0.6) is 5.75 Å². The maximum Gasteiger partial charge on any atom is 0.373 e. The van der Waals surface area contributed by atoms with Crippen molar-refractivity contribution in [2.45, 2.75) is 19.8 Å². The molecular formula is C27H26Cl2N4O7. The Morgan fingerprint density at radius 1 is 0.925 bits per heavy atom. The van der Waals surface area contributed by atoms with Crippen LogP contribution >= 0.6 is 24.0 Å². The summed E-state index contributed by atoms with van der Waals surface area (Å²) >= 11 is 6.37. The second-order valence-electron chi connectivity index (χ2n) is 7.68. The highest BCUT2D eigenvalue weighted by Crippen LogP contribution is 2.25. The Kier molecular flexibility index (Phi) is 16.2. The van der Waals surface area contributed by atoms with Gasteiger partial charge in [0, 0.05) is 24.2 Å². The molecule has 0 atom stereocenters. The molecule has 0 fully saturated rings. The van der Waals surface area contributed by atoms with Gasteiger partial charge in [-0.3, -0.25) is 4.79 Å². The summed E-state index contributed by atoms with van der Waals surface area (Å²) in [6.07, 6.45) is 1.26. The predicted octanol–water partition coefficient (Wildman–Crippen LogP) is 3.62. The molecule has 11 nitrogen and oxygen atoms in total. The molecule has 0 aliphatic heterocycles. The zero-order chi connectivity index (χ0) is 29.4. The Hall–Kier alpha value is -4.79.